The first kappa shape index (κ1) is 35.9. The van der Waals surface area contributed by atoms with E-state index in [-0.39, 0.29) is 0 Å². The van der Waals surface area contributed by atoms with Gasteiger partial charge in [0.25, 0.3) is 0 Å². The number of thiophene rings is 1. The number of fused-ring (bicyclic) bond motifs is 6. The molecule has 5 heteroatoms. The van der Waals surface area contributed by atoms with E-state index in [9.17, 15) is 0 Å². The monoisotopic (exact) mass is 808 g/mol. The Morgan fingerprint density at radius 1 is 0.387 bits per heavy atom. The van der Waals surface area contributed by atoms with Gasteiger partial charge >= 0.3 is 0 Å². The van der Waals surface area contributed by atoms with Crippen molar-refractivity contribution in [1.29, 1.82) is 0 Å². The van der Waals surface area contributed by atoms with Crippen LogP contribution in [-0.4, -0.2) is 19.7 Å². The lowest BCUT2D eigenvalue weighted by Crippen LogP contribution is -1.97. The second-order valence-corrected chi connectivity index (χ2v) is 16.6. The molecule has 0 bridgehead atoms. The SMILES string of the molecule is c1ccc(-c2nc(-c3ccc(-c4cccc5c4sc4ccccc45)cc3)cc(-c3ccc(-c4cc5ccccc5c5c4c(-c4ccccc4)nn5-c4ccccc4)cc3)n2)cc1. The Balaban J connectivity index is 0.976. The van der Waals surface area contributed by atoms with Gasteiger partial charge < -0.3 is 0 Å². The Labute approximate surface area is 362 Å². The van der Waals surface area contributed by atoms with Gasteiger partial charge in [0, 0.05) is 53.2 Å². The van der Waals surface area contributed by atoms with Crippen molar-refractivity contribution >= 4 is 53.2 Å². The summed E-state index contributed by atoms with van der Waals surface area (Å²) in [6, 6.07) is 77.2. The lowest BCUT2D eigenvalue weighted by atomic mass is 9.93. The van der Waals surface area contributed by atoms with Gasteiger partial charge in [-0.3, -0.25) is 0 Å². The fraction of sp³-hybridized carbons (Fsp3) is 0. The largest absolute Gasteiger partial charge is 0.232 e. The molecule has 0 saturated heterocycles. The molecule has 0 fully saturated rings. The van der Waals surface area contributed by atoms with Crippen LogP contribution in [0.3, 0.4) is 0 Å². The first-order valence-corrected chi connectivity index (χ1v) is 21.7. The van der Waals surface area contributed by atoms with Crippen LogP contribution < -0.4 is 0 Å². The molecule has 3 aromatic heterocycles. The van der Waals surface area contributed by atoms with Crippen LogP contribution in [0.1, 0.15) is 0 Å². The van der Waals surface area contributed by atoms with E-state index in [1.165, 1.54) is 31.3 Å². The first-order chi connectivity index (χ1) is 30.7. The van der Waals surface area contributed by atoms with Crippen molar-refractivity contribution in [2.45, 2.75) is 0 Å². The quantitative estimate of drug-likeness (QED) is 0.161. The van der Waals surface area contributed by atoms with Gasteiger partial charge in [-0.05, 0) is 58.0 Å². The molecular formula is C57H36N4S. The molecule has 4 nitrogen and oxygen atoms in total. The molecule has 0 amide bonds. The summed E-state index contributed by atoms with van der Waals surface area (Å²) in [5.41, 5.74) is 13.6. The Kier molecular flexibility index (Phi) is 8.65. The van der Waals surface area contributed by atoms with Crippen molar-refractivity contribution in [3.05, 3.63) is 218 Å². The highest BCUT2D eigenvalue weighted by Crippen LogP contribution is 2.43. The average molecular weight is 809 g/mol. The second-order valence-electron chi connectivity index (χ2n) is 15.6. The van der Waals surface area contributed by atoms with Gasteiger partial charge in [-0.25, -0.2) is 14.6 Å². The number of aromatic nitrogens is 4. The molecule has 0 spiro atoms. The normalized spacial score (nSPS) is 11.5. The number of hydrogen-bond donors (Lipinski definition) is 0. The predicted octanol–water partition coefficient (Wildman–Crippen LogP) is 15.3. The average Bonchev–Trinajstić information content (AvgIpc) is 3.95. The number of nitrogens with zero attached hydrogens (tertiary/aromatic N) is 4. The summed E-state index contributed by atoms with van der Waals surface area (Å²) in [4.78, 5) is 10.3. The number of rotatable bonds is 7. The van der Waals surface area contributed by atoms with Crippen LogP contribution in [0.4, 0.5) is 0 Å². The molecule has 62 heavy (non-hydrogen) atoms. The van der Waals surface area contributed by atoms with Crippen molar-refractivity contribution in [1.82, 2.24) is 19.7 Å². The van der Waals surface area contributed by atoms with Gasteiger partial charge in [0.2, 0.25) is 0 Å². The molecule has 0 atom stereocenters. The van der Waals surface area contributed by atoms with E-state index in [2.05, 4.69) is 199 Å². The topological polar surface area (TPSA) is 43.6 Å². The lowest BCUT2D eigenvalue weighted by Gasteiger charge is -2.13. The lowest BCUT2D eigenvalue weighted by molar-refractivity contribution is 0.918. The summed E-state index contributed by atoms with van der Waals surface area (Å²) in [6.45, 7) is 0. The fourth-order valence-electron chi connectivity index (χ4n) is 8.84. The van der Waals surface area contributed by atoms with Crippen LogP contribution in [-0.2, 0) is 0 Å². The van der Waals surface area contributed by atoms with Crippen LogP contribution in [0, 0.1) is 0 Å². The third-order valence-corrected chi connectivity index (χ3v) is 13.1. The van der Waals surface area contributed by atoms with Crippen molar-refractivity contribution in [2.24, 2.45) is 0 Å². The van der Waals surface area contributed by atoms with Gasteiger partial charge in [-0.1, -0.05) is 188 Å². The molecule has 3 heterocycles. The molecule has 0 aliphatic rings. The summed E-state index contributed by atoms with van der Waals surface area (Å²) in [5, 5.41) is 11.4. The van der Waals surface area contributed by atoms with Crippen molar-refractivity contribution in [2.75, 3.05) is 0 Å². The zero-order chi connectivity index (χ0) is 41.0. The maximum atomic E-state index is 5.35. The van der Waals surface area contributed by atoms with Gasteiger partial charge in [0.05, 0.1) is 22.6 Å². The predicted molar refractivity (Wildman–Crippen MR) is 260 cm³/mol. The van der Waals surface area contributed by atoms with Crippen LogP contribution in [0.15, 0.2) is 218 Å². The highest BCUT2D eigenvalue weighted by molar-refractivity contribution is 7.26. The minimum atomic E-state index is 0.693. The molecular weight excluding hydrogens is 773 g/mol. The van der Waals surface area contributed by atoms with E-state index in [4.69, 9.17) is 15.1 Å². The Bertz CT molecular complexity index is 3590. The van der Waals surface area contributed by atoms with Crippen LogP contribution in [0.5, 0.6) is 0 Å². The van der Waals surface area contributed by atoms with E-state index in [0.717, 1.165) is 77.8 Å². The van der Waals surface area contributed by atoms with Gasteiger partial charge in [-0.2, -0.15) is 5.10 Å². The van der Waals surface area contributed by atoms with E-state index < -0.39 is 0 Å². The van der Waals surface area contributed by atoms with Gasteiger partial charge in [0.1, 0.15) is 5.69 Å². The highest BCUT2D eigenvalue weighted by Gasteiger charge is 2.21. The molecule has 12 rings (SSSR count). The van der Waals surface area contributed by atoms with E-state index in [0.29, 0.717) is 5.82 Å². The molecule has 0 aliphatic carbocycles. The standard InChI is InChI=1S/C57H36N4S/c1-4-15-41(16-5-1)54-53-49(35-43-19-10-11-22-45(43)55(53)61(60-54)44-20-8-3-9-21-44)38-29-33-40(34-30-38)51-36-50(58-57(59-51)42-17-6-2-7-18-42)39-31-27-37(28-32-39)46-24-14-25-48-47-23-12-13-26-52(47)62-56(46)48/h1-36H. The van der Waals surface area contributed by atoms with Crippen LogP contribution >= 0.6 is 11.3 Å². The number of para-hydroxylation sites is 1. The molecule has 12 aromatic rings. The molecule has 290 valence electrons. The molecule has 0 N–H and O–H groups in total. The van der Waals surface area contributed by atoms with Crippen molar-refractivity contribution in [3.63, 3.8) is 0 Å². The fourth-order valence-corrected chi connectivity index (χ4v) is 10.1. The molecule has 0 unspecified atom stereocenters. The number of benzene rings is 9. The summed E-state index contributed by atoms with van der Waals surface area (Å²) in [7, 11) is 0. The highest BCUT2D eigenvalue weighted by atomic mass is 32.1. The minimum Gasteiger partial charge on any atom is -0.232 e. The van der Waals surface area contributed by atoms with Crippen molar-refractivity contribution < 1.29 is 0 Å². The number of hydrogen-bond acceptors (Lipinski definition) is 4. The third kappa shape index (κ3) is 6.18. The molecule has 0 radical (unpaired) electrons. The summed E-state index contributed by atoms with van der Waals surface area (Å²) >= 11 is 1.86. The second kappa shape index (κ2) is 14.9. The Hall–Kier alpha value is -7.99. The summed E-state index contributed by atoms with van der Waals surface area (Å²) in [5.74, 6) is 0.693. The smallest absolute Gasteiger partial charge is 0.160 e. The molecule has 0 aliphatic heterocycles. The third-order valence-electron chi connectivity index (χ3n) is 11.9. The van der Waals surface area contributed by atoms with E-state index in [1.807, 2.05) is 35.6 Å². The maximum Gasteiger partial charge on any atom is 0.160 e. The Morgan fingerprint density at radius 3 is 1.63 bits per heavy atom. The zero-order valence-corrected chi connectivity index (χ0v) is 34.3. The first-order valence-electron chi connectivity index (χ1n) is 20.9. The molecule has 0 saturated carbocycles. The minimum absolute atomic E-state index is 0.693. The zero-order valence-electron chi connectivity index (χ0n) is 33.5. The Morgan fingerprint density at radius 2 is 0.935 bits per heavy atom. The van der Waals surface area contributed by atoms with Crippen molar-refractivity contribution in [3.8, 4) is 73.1 Å². The van der Waals surface area contributed by atoms with Crippen LogP contribution in [0.2, 0.25) is 0 Å². The summed E-state index contributed by atoms with van der Waals surface area (Å²) in [6.07, 6.45) is 0. The van der Waals surface area contributed by atoms with E-state index in [1.54, 1.807) is 0 Å². The van der Waals surface area contributed by atoms with Gasteiger partial charge in [0.15, 0.2) is 5.82 Å². The van der Waals surface area contributed by atoms with Gasteiger partial charge in [-0.15, -0.1) is 11.3 Å². The molecule has 9 aromatic carbocycles. The summed E-state index contributed by atoms with van der Waals surface area (Å²) < 4.78 is 4.73. The maximum absolute atomic E-state index is 5.35. The van der Waals surface area contributed by atoms with E-state index >= 15 is 0 Å². The van der Waals surface area contributed by atoms with Crippen LogP contribution in [0.25, 0.3) is 115 Å².